The smallest absolute Gasteiger partial charge is 0.231 e. The van der Waals surface area contributed by atoms with E-state index in [2.05, 4.69) is 127 Å². The molecule has 1 N–H and O–H groups in total. The molecule has 7 heteroatoms. The normalized spacial score (nSPS) is 12.1. The maximum absolute atomic E-state index is 11.5. The summed E-state index contributed by atoms with van der Waals surface area (Å²) in [7, 11) is 0. The van der Waals surface area contributed by atoms with Gasteiger partial charge in [-0.1, -0.05) is 108 Å². The third-order valence-electron chi connectivity index (χ3n) is 10.9. The molecule has 8 rings (SSSR count). The maximum Gasteiger partial charge on any atom is 0.231 e. The summed E-state index contributed by atoms with van der Waals surface area (Å²) in [5.74, 6) is 1.76. The molecular weight excluding hydrogens is 862 g/mol. The van der Waals surface area contributed by atoms with Crippen LogP contribution in [-0.2, 0) is 26.5 Å². The van der Waals surface area contributed by atoms with E-state index < -0.39 is 0 Å². The van der Waals surface area contributed by atoms with Gasteiger partial charge in [-0.2, -0.15) is 0 Å². The minimum absolute atomic E-state index is 0. The minimum Gasteiger partial charge on any atom is -0.507 e. The fourth-order valence-corrected chi connectivity index (χ4v) is 7.78. The van der Waals surface area contributed by atoms with E-state index in [-0.39, 0.29) is 44.1 Å². The maximum atomic E-state index is 11.5. The van der Waals surface area contributed by atoms with E-state index in [0.717, 1.165) is 72.3 Å². The van der Waals surface area contributed by atoms with Crippen LogP contribution in [0.15, 0.2) is 88.0 Å². The average molecular weight is 908 g/mol. The number of aromatic nitrogens is 3. The predicted molar refractivity (Wildman–Crippen MR) is 220 cm³/mol. The van der Waals surface area contributed by atoms with Crippen molar-refractivity contribution in [2.24, 2.45) is 0 Å². The third kappa shape index (κ3) is 6.49. The summed E-state index contributed by atoms with van der Waals surface area (Å²) in [5.41, 5.74) is 14.6. The van der Waals surface area contributed by atoms with Crippen LogP contribution < -0.4 is 0 Å². The Morgan fingerprint density at radius 3 is 2.09 bits per heavy atom. The van der Waals surface area contributed by atoms with Crippen molar-refractivity contribution in [3.63, 3.8) is 0 Å². The van der Waals surface area contributed by atoms with Crippen molar-refractivity contribution < 1.29 is 35.0 Å². The van der Waals surface area contributed by atoms with Gasteiger partial charge >= 0.3 is 0 Å². The van der Waals surface area contributed by atoms with Gasteiger partial charge in [0, 0.05) is 37.7 Å². The first-order valence-corrected chi connectivity index (χ1v) is 18.8. The van der Waals surface area contributed by atoms with Crippen LogP contribution in [0.3, 0.4) is 0 Å². The Morgan fingerprint density at radius 1 is 0.727 bits per heavy atom. The van der Waals surface area contributed by atoms with Gasteiger partial charge in [-0.3, -0.25) is 4.98 Å². The molecule has 0 aliphatic carbocycles. The number of nitrogens with zero attached hydrogens (tertiary/aromatic N) is 3. The fraction of sp³-hybridized carbons (Fsp3) is 0.271. The van der Waals surface area contributed by atoms with Crippen molar-refractivity contribution in [1.82, 2.24) is 15.0 Å². The molecule has 0 amide bonds. The molecule has 8 aromatic rings. The van der Waals surface area contributed by atoms with E-state index in [1.165, 1.54) is 11.1 Å². The van der Waals surface area contributed by atoms with Crippen LogP contribution in [0.5, 0.6) is 5.75 Å². The van der Waals surface area contributed by atoms with Gasteiger partial charge in [0.1, 0.15) is 23.4 Å². The second-order valence-corrected chi connectivity index (χ2v) is 16.2. The van der Waals surface area contributed by atoms with Gasteiger partial charge in [0.25, 0.3) is 0 Å². The van der Waals surface area contributed by atoms with E-state index in [1.807, 2.05) is 13.8 Å². The van der Waals surface area contributed by atoms with Crippen LogP contribution in [-0.4, -0.2) is 20.1 Å². The Kier molecular flexibility index (Phi) is 9.88. The Labute approximate surface area is 337 Å². The molecule has 0 fully saturated rings. The number of fused-ring (bicyclic) bond motifs is 3. The molecule has 0 spiro atoms. The molecule has 282 valence electrons. The molecule has 5 aromatic carbocycles. The second kappa shape index (κ2) is 14.2. The van der Waals surface area contributed by atoms with Gasteiger partial charge in [0.15, 0.2) is 5.58 Å². The number of aromatic hydroxyl groups is 1. The number of rotatable bonds is 6. The largest absolute Gasteiger partial charge is 0.507 e. The Hall–Kier alpha value is -5.06. The van der Waals surface area contributed by atoms with Crippen molar-refractivity contribution in [2.45, 2.75) is 86.5 Å². The Bertz CT molecular complexity index is 2740. The third-order valence-corrected chi connectivity index (χ3v) is 10.9. The first-order chi connectivity index (χ1) is 25.7. The summed E-state index contributed by atoms with van der Waals surface area (Å²) in [5, 5.41) is 13.2. The zero-order valence-corrected chi connectivity index (χ0v) is 35.4. The number of aryl methyl sites for hydroxylation is 3. The van der Waals surface area contributed by atoms with Gasteiger partial charge in [-0.15, -0.1) is 29.3 Å². The van der Waals surface area contributed by atoms with Crippen LogP contribution in [0.2, 0.25) is 0 Å². The monoisotopic (exact) mass is 907 g/mol. The SMILES string of the molecule is Cc1oc2ccc(O)c(-c3nc4c(-c5[c-]c(-c6ncnc7c(C)cccc67)cc(C(C)(C)C)c5)ccc(-c5c(C(C)C)cccc5C(C)C)c4o3)c2c1C.[Pt]. The number of benzene rings is 5. The molecular formula is C48H46N3O3Pt-. The number of hydrogen-bond donors (Lipinski definition) is 1. The van der Waals surface area contributed by atoms with Gasteiger partial charge in [-0.25, -0.2) is 9.97 Å². The predicted octanol–water partition coefficient (Wildman–Crippen LogP) is 13.2. The first kappa shape index (κ1) is 38.2. The molecule has 0 saturated heterocycles. The summed E-state index contributed by atoms with van der Waals surface area (Å²) < 4.78 is 13.1. The molecule has 55 heavy (non-hydrogen) atoms. The van der Waals surface area contributed by atoms with E-state index in [4.69, 9.17) is 18.8 Å². The molecule has 3 heterocycles. The molecule has 0 atom stereocenters. The van der Waals surface area contributed by atoms with E-state index in [1.54, 1.807) is 18.5 Å². The van der Waals surface area contributed by atoms with Crippen molar-refractivity contribution in [2.75, 3.05) is 0 Å². The standard InChI is InChI=1S/C48H46N3O3.Pt/c1-25(2)33-14-12-15-34(26(3)4)41(33)36-18-17-35(45-46(36)54-47(51-45)42-38(52)19-20-39-40(42)28(6)29(7)53-39)30-21-31(23-32(22-30)48(8,9)10)44-37-16-11-13-27(5)43(37)49-24-50-44;/h11-20,22-26,52H,1-10H3;/q-1;. The molecule has 3 aromatic heterocycles. The van der Waals surface area contributed by atoms with Crippen molar-refractivity contribution in [3.8, 4) is 50.7 Å². The molecule has 0 aliphatic heterocycles. The van der Waals surface area contributed by atoms with E-state index >= 15 is 0 Å². The minimum atomic E-state index is -0.175. The molecule has 0 unspecified atom stereocenters. The van der Waals surface area contributed by atoms with Crippen molar-refractivity contribution >= 4 is 33.0 Å². The number of hydrogen-bond acceptors (Lipinski definition) is 6. The second-order valence-electron chi connectivity index (χ2n) is 16.2. The van der Waals surface area contributed by atoms with Crippen molar-refractivity contribution in [1.29, 1.82) is 0 Å². The summed E-state index contributed by atoms with van der Waals surface area (Å²) >= 11 is 0. The van der Waals surface area contributed by atoms with E-state index in [0.29, 0.717) is 28.1 Å². The molecule has 0 radical (unpaired) electrons. The van der Waals surface area contributed by atoms with Crippen LogP contribution in [0, 0.1) is 26.8 Å². The van der Waals surface area contributed by atoms with Crippen LogP contribution in [0.1, 0.15) is 93.9 Å². The van der Waals surface area contributed by atoms with Gasteiger partial charge in [0.05, 0.1) is 16.6 Å². The van der Waals surface area contributed by atoms with Gasteiger partial charge in [0.2, 0.25) is 5.89 Å². The zero-order chi connectivity index (χ0) is 38.2. The number of phenols is 1. The topological polar surface area (TPSA) is 85.2 Å². The molecule has 0 aliphatic rings. The number of oxazole rings is 1. The van der Waals surface area contributed by atoms with Gasteiger partial charge in [-0.05, 0) is 83.4 Å². The Morgan fingerprint density at radius 2 is 1.40 bits per heavy atom. The summed E-state index contributed by atoms with van der Waals surface area (Å²) in [4.78, 5) is 14.8. The quantitative estimate of drug-likeness (QED) is 0.167. The fourth-order valence-electron chi connectivity index (χ4n) is 7.78. The number of phenolic OH excluding ortho intramolecular Hbond substituents is 1. The molecule has 0 saturated carbocycles. The number of furan rings is 1. The van der Waals surface area contributed by atoms with Crippen LogP contribution in [0.25, 0.3) is 77.9 Å². The summed E-state index contributed by atoms with van der Waals surface area (Å²) in [6.07, 6.45) is 1.64. The molecule has 0 bridgehead atoms. The van der Waals surface area contributed by atoms with Crippen LogP contribution >= 0.6 is 0 Å². The zero-order valence-electron chi connectivity index (χ0n) is 33.1. The number of para-hydroxylation sites is 1. The van der Waals surface area contributed by atoms with Crippen LogP contribution in [0.4, 0.5) is 0 Å². The van der Waals surface area contributed by atoms with Gasteiger partial charge < -0.3 is 13.9 Å². The molecule has 6 nitrogen and oxygen atoms in total. The first-order valence-electron chi connectivity index (χ1n) is 18.8. The summed E-state index contributed by atoms with van der Waals surface area (Å²) in [6.45, 7) is 21.6. The summed E-state index contributed by atoms with van der Waals surface area (Å²) in [6, 6.07) is 28.8. The average Bonchev–Trinajstić information content (AvgIpc) is 3.70. The Balaban J connectivity index is 0.00000465. The van der Waals surface area contributed by atoms with Crippen molar-refractivity contribution in [3.05, 3.63) is 119 Å². The van der Waals surface area contributed by atoms with E-state index in [9.17, 15) is 5.11 Å².